The Morgan fingerprint density at radius 1 is 1.23 bits per heavy atom. The first-order chi connectivity index (χ1) is 14.4. The van der Waals surface area contributed by atoms with Crippen molar-refractivity contribution in [2.45, 2.75) is 32.0 Å². The molecule has 0 saturated carbocycles. The molecule has 2 aromatic carbocycles. The molecular weight excluding hydrogens is 420 g/mol. The summed E-state index contributed by atoms with van der Waals surface area (Å²) >= 11 is 7.79. The fourth-order valence-electron chi connectivity index (χ4n) is 3.10. The highest BCUT2D eigenvalue weighted by Crippen LogP contribution is 2.33. The molecule has 1 N–H and O–H groups in total. The molecule has 0 spiro atoms. The Labute approximate surface area is 186 Å². The lowest BCUT2D eigenvalue weighted by molar-refractivity contribution is -0.119. The molecule has 0 radical (unpaired) electrons. The molecule has 8 heteroatoms. The molecule has 3 aromatic rings. The van der Waals surface area contributed by atoms with E-state index >= 15 is 0 Å². The van der Waals surface area contributed by atoms with E-state index in [0.29, 0.717) is 22.6 Å². The fraction of sp³-hybridized carbons (Fsp3) is 0.318. The van der Waals surface area contributed by atoms with Crippen LogP contribution >= 0.6 is 23.4 Å². The van der Waals surface area contributed by atoms with Gasteiger partial charge in [-0.3, -0.25) is 9.36 Å². The van der Waals surface area contributed by atoms with Crippen molar-refractivity contribution in [1.82, 2.24) is 20.1 Å². The van der Waals surface area contributed by atoms with Crippen LogP contribution in [-0.4, -0.2) is 46.2 Å². The smallest absolute Gasteiger partial charge is 0.230 e. The molecule has 1 aromatic heterocycles. The molecule has 1 unspecified atom stereocenters. The number of carbonyl (C=O) groups is 1. The molecule has 0 aliphatic heterocycles. The van der Waals surface area contributed by atoms with Gasteiger partial charge in [-0.2, -0.15) is 0 Å². The van der Waals surface area contributed by atoms with Gasteiger partial charge in [0.15, 0.2) is 11.0 Å². The number of aryl methyl sites for hydroxylation is 2. The number of nitrogens with one attached hydrogen (secondary N) is 1. The lowest BCUT2D eigenvalue weighted by Crippen LogP contribution is -2.36. The summed E-state index contributed by atoms with van der Waals surface area (Å²) in [4.78, 5) is 12.3. The van der Waals surface area contributed by atoms with Crippen LogP contribution in [0.25, 0.3) is 17.1 Å². The zero-order chi connectivity index (χ0) is 21.7. The van der Waals surface area contributed by atoms with Crippen molar-refractivity contribution in [3.05, 3.63) is 58.6 Å². The second kappa shape index (κ2) is 10.1. The van der Waals surface area contributed by atoms with Gasteiger partial charge in [-0.1, -0.05) is 47.6 Å². The number of hydrogen-bond donors (Lipinski definition) is 1. The number of carbonyl (C=O) groups excluding carboxylic acids is 1. The summed E-state index contributed by atoms with van der Waals surface area (Å²) in [6, 6.07) is 13.7. The van der Waals surface area contributed by atoms with E-state index in [0.717, 1.165) is 22.4 Å². The Bertz CT molecular complexity index is 1040. The van der Waals surface area contributed by atoms with Crippen molar-refractivity contribution in [2.75, 3.05) is 19.5 Å². The third-order valence-corrected chi connectivity index (χ3v) is 5.77. The largest absolute Gasteiger partial charge is 0.383 e. The Hall–Kier alpha value is -2.35. The molecule has 0 aliphatic rings. The van der Waals surface area contributed by atoms with Crippen LogP contribution < -0.4 is 5.32 Å². The minimum Gasteiger partial charge on any atom is -0.383 e. The van der Waals surface area contributed by atoms with Gasteiger partial charge in [0.2, 0.25) is 5.91 Å². The number of halogens is 1. The molecule has 3 rings (SSSR count). The lowest BCUT2D eigenvalue weighted by Gasteiger charge is -2.15. The van der Waals surface area contributed by atoms with E-state index < -0.39 is 0 Å². The summed E-state index contributed by atoms with van der Waals surface area (Å²) in [6.07, 6.45) is 0. The highest BCUT2D eigenvalue weighted by atomic mass is 35.5. The summed E-state index contributed by atoms with van der Waals surface area (Å²) in [5.74, 6) is 0.781. The molecule has 1 heterocycles. The Morgan fingerprint density at radius 3 is 2.73 bits per heavy atom. The minimum atomic E-state index is -0.0839. The molecule has 1 atom stereocenters. The van der Waals surface area contributed by atoms with Crippen LogP contribution in [0.2, 0.25) is 5.02 Å². The number of ether oxygens (including phenoxy) is 1. The molecule has 30 heavy (non-hydrogen) atoms. The van der Waals surface area contributed by atoms with Crippen LogP contribution in [0, 0.1) is 13.8 Å². The predicted molar refractivity (Wildman–Crippen MR) is 121 cm³/mol. The van der Waals surface area contributed by atoms with Crippen LogP contribution in [-0.2, 0) is 9.53 Å². The van der Waals surface area contributed by atoms with Crippen molar-refractivity contribution in [2.24, 2.45) is 0 Å². The van der Waals surface area contributed by atoms with Gasteiger partial charge in [0, 0.05) is 18.7 Å². The van der Waals surface area contributed by atoms with Gasteiger partial charge in [0.25, 0.3) is 0 Å². The number of aromatic nitrogens is 3. The summed E-state index contributed by atoms with van der Waals surface area (Å²) in [7, 11) is 1.61. The molecule has 0 bridgehead atoms. The number of amides is 1. The summed E-state index contributed by atoms with van der Waals surface area (Å²) in [6.45, 7) is 6.45. The van der Waals surface area contributed by atoms with Gasteiger partial charge in [0.05, 0.1) is 23.1 Å². The molecule has 1 amide bonds. The van der Waals surface area contributed by atoms with Crippen molar-refractivity contribution in [3.63, 3.8) is 0 Å². The lowest BCUT2D eigenvalue weighted by atomic mass is 10.1. The SMILES string of the molecule is COCC(C)NC(=O)CSc1nnc(-c2ccccc2Cl)n1-c1cc(C)ccc1C. The molecule has 0 saturated heterocycles. The van der Waals surface area contributed by atoms with Crippen molar-refractivity contribution < 1.29 is 9.53 Å². The first-order valence-electron chi connectivity index (χ1n) is 9.59. The topological polar surface area (TPSA) is 69.0 Å². The van der Waals surface area contributed by atoms with Crippen molar-refractivity contribution in [3.8, 4) is 17.1 Å². The zero-order valence-electron chi connectivity index (χ0n) is 17.5. The van der Waals surface area contributed by atoms with Gasteiger partial charge in [-0.25, -0.2) is 0 Å². The second-order valence-electron chi connectivity index (χ2n) is 7.12. The van der Waals surface area contributed by atoms with E-state index in [2.05, 4.69) is 33.7 Å². The number of benzene rings is 2. The van der Waals surface area contributed by atoms with E-state index in [1.54, 1.807) is 7.11 Å². The van der Waals surface area contributed by atoms with Gasteiger partial charge in [-0.05, 0) is 50.1 Å². The van der Waals surface area contributed by atoms with Crippen molar-refractivity contribution in [1.29, 1.82) is 0 Å². The first kappa shape index (κ1) is 22.3. The van der Waals surface area contributed by atoms with Gasteiger partial charge in [-0.15, -0.1) is 10.2 Å². The number of rotatable bonds is 8. The maximum atomic E-state index is 12.3. The van der Waals surface area contributed by atoms with Crippen LogP contribution in [0.1, 0.15) is 18.1 Å². The fourth-order valence-corrected chi connectivity index (χ4v) is 4.07. The third-order valence-electron chi connectivity index (χ3n) is 4.51. The van der Waals surface area contributed by atoms with Gasteiger partial charge >= 0.3 is 0 Å². The normalized spacial score (nSPS) is 12.0. The first-order valence-corrected chi connectivity index (χ1v) is 11.0. The summed E-state index contributed by atoms with van der Waals surface area (Å²) < 4.78 is 7.04. The average molecular weight is 445 g/mol. The predicted octanol–water partition coefficient (Wildman–Crippen LogP) is 4.45. The number of hydrogen-bond acceptors (Lipinski definition) is 5. The molecule has 0 fully saturated rings. The monoisotopic (exact) mass is 444 g/mol. The van der Waals surface area contributed by atoms with E-state index in [4.69, 9.17) is 16.3 Å². The molecule has 6 nitrogen and oxygen atoms in total. The third kappa shape index (κ3) is 5.22. The van der Waals surface area contributed by atoms with Gasteiger partial charge in [0.1, 0.15) is 0 Å². The minimum absolute atomic E-state index is 0.0568. The number of thioether (sulfide) groups is 1. The van der Waals surface area contributed by atoms with Crippen LogP contribution in [0.15, 0.2) is 47.6 Å². The van der Waals surface area contributed by atoms with E-state index in [9.17, 15) is 4.79 Å². The molecule has 0 aliphatic carbocycles. The van der Waals surface area contributed by atoms with E-state index in [1.165, 1.54) is 11.8 Å². The summed E-state index contributed by atoms with van der Waals surface area (Å²) in [5, 5.41) is 12.9. The van der Waals surface area contributed by atoms with Crippen LogP contribution in [0.3, 0.4) is 0 Å². The maximum Gasteiger partial charge on any atom is 0.230 e. The Morgan fingerprint density at radius 2 is 2.00 bits per heavy atom. The number of methoxy groups -OCH3 is 1. The van der Waals surface area contributed by atoms with Crippen LogP contribution in [0.4, 0.5) is 0 Å². The van der Waals surface area contributed by atoms with E-state index in [1.807, 2.05) is 49.6 Å². The zero-order valence-corrected chi connectivity index (χ0v) is 19.0. The highest BCUT2D eigenvalue weighted by molar-refractivity contribution is 7.99. The van der Waals surface area contributed by atoms with Crippen LogP contribution in [0.5, 0.6) is 0 Å². The quantitative estimate of drug-likeness (QED) is 0.520. The van der Waals surface area contributed by atoms with Gasteiger partial charge < -0.3 is 10.1 Å². The molecule has 158 valence electrons. The Balaban J connectivity index is 1.97. The maximum absolute atomic E-state index is 12.3. The Kier molecular flexibility index (Phi) is 7.53. The standard InChI is InChI=1S/C22H25ClN4O2S/c1-14-9-10-15(2)19(11-14)27-21(17-7-5-6-8-18(17)23)25-26-22(27)30-13-20(28)24-16(3)12-29-4/h5-11,16H,12-13H2,1-4H3,(H,24,28). The highest BCUT2D eigenvalue weighted by Gasteiger charge is 2.20. The summed E-state index contributed by atoms with van der Waals surface area (Å²) in [5.41, 5.74) is 3.95. The second-order valence-corrected chi connectivity index (χ2v) is 8.47. The van der Waals surface area contributed by atoms with E-state index in [-0.39, 0.29) is 17.7 Å². The average Bonchev–Trinajstić information content (AvgIpc) is 3.12. The number of nitrogens with zero attached hydrogens (tertiary/aromatic N) is 3. The molecular formula is C22H25ClN4O2S. The van der Waals surface area contributed by atoms with Crippen molar-refractivity contribution >= 4 is 29.3 Å².